The van der Waals surface area contributed by atoms with Crippen LogP contribution in [0.3, 0.4) is 0 Å². The molecule has 0 amide bonds. The Labute approximate surface area is 235 Å². The predicted molar refractivity (Wildman–Crippen MR) is 162 cm³/mol. The van der Waals surface area contributed by atoms with Crippen LogP contribution in [0.15, 0.2) is 48.5 Å². The van der Waals surface area contributed by atoms with Crippen LogP contribution in [0.1, 0.15) is 115 Å². The van der Waals surface area contributed by atoms with E-state index in [1.54, 1.807) is 0 Å². The van der Waals surface area contributed by atoms with E-state index < -0.39 is 17.9 Å². The van der Waals surface area contributed by atoms with Gasteiger partial charge in [0.25, 0.3) is 0 Å². The number of carboxylic acids is 1. The number of aliphatic carboxylic acids is 1. The summed E-state index contributed by atoms with van der Waals surface area (Å²) in [5, 5.41) is 13.5. The molecule has 0 aliphatic rings. The highest BCUT2D eigenvalue weighted by molar-refractivity contribution is 6.06. The zero-order valence-electron chi connectivity index (χ0n) is 24.2. The molecular formula is C35H48O4. The summed E-state index contributed by atoms with van der Waals surface area (Å²) < 4.78 is 5.90. The second-order valence-corrected chi connectivity index (χ2v) is 11.2. The SMILES string of the molecule is CCCCCCCCCCCCCCCCC(CC(=O)Oc1c2ccccc2cc2ccc(C)cc12)C(=O)O. The van der Waals surface area contributed by atoms with Crippen LogP contribution in [0.2, 0.25) is 0 Å². The summed E-state index contributed by atoms with van der Waals surface area (Å²) in [5.41, 5.74) is 1.08. The third-order valence-electron chi connectivity index (χ3n) is 7.85. The molecule has 3 rings (SSSR count). The molecule has 0 spiro atoms. The van der Waals surface area contributed by atoms with Crippen molar-refractivity contribution in [2.24, 2.45) is 5.92 Å². The highest BCUT2D eigenvalue weighted by atomic mass is 16.5. The standard InChI is InChI=1S/C35H48O4/c1-3-4-5-6-7-8-9-10-11-12-13-14-15-16-20-30(35(37)38)26-33(36)39-34-31-21-18-17-19-28(31)25-29-23-22-27(2)24-32(29)34/h17-19,21-25,30H,3-16,20,26H2,1-2H3,(H,37,38). The molecule has 1 atom stereocenters. The molecule has 0 saturated heterocycles. The van der Waals surface area contributed by atoms with Crippen LogP contribution in [0.4, 0.5) is 0 Å². The van der Waals surface area contributed by atoms with Crippen LogP contribution in [-0.2, 0) is 9.59 Å². The van der Waals surface area contributed by atoms with Gasteiger partial charge in [-0.1, -0.05) is 139 Å². The zero-order valence-corrected chi connectivity index (χ0v) is 24.2. The number of esters is 1. The first-order chi connectivity index (χ1) is 19.0. The Balaban J connectivity index is 1.40. The van der Waals surface area contributed by atoms with Crippen molar-refractivity contribution >= 4 is 33.5 Å². The van der Waals surface area contributed by atoms with E-state index in [0.717, 1.165) is 46.4 Å². The van der Waals surface area contributed by atoms with E-state index in [0.29, 0.717) is 12.2 Å². The first-order valence-corrected chi connectivity index (χ1v) is 15.3. The lowest BCUT2D eigenvalue weighted by Gasteiger charge is -2.15. The van der Waals surface area contributed by atoms with Crippen molar-refractivity contribution in [3.63, 3.8) is 0 Å². The van der Waals surface area contributed by atoms with Gasteiger partial charge in [-0.3, -0.25) is 9.59 Å². The van der Waals surface area contributed by atoms with Gasteiger partial charge in [-0.2, -0.15) is 0 Å². The van der Waals surface area contributed by atoms with Crippen LogP contribution >= 0.6 is 0 Å². The molecule has 0 radical (unpaired) electrons. The predicted octanol–water partition coefficient (Wildman–Crippen LogP) is 10.2. The van der Waals surface area contributed by atoms with E-state index in [2.05, 4.69) is 13.0 Å². The van der Waals surface area contributed by atoms with Crippen LogP contribution in [0.5, 0.6) is 5.75 Å². The fraction of sp³-hybridized carbons (Fsp3) is 0.543. The summed E-state index contributed by atoms with van der Waals surface area (Å²) in [4.78, 5) is 24.9. The fourth-order valence-corrected chi connectivity index (χ4v) is 5.50. The highest BCUT2D eigenvalue weighted by Gasteiger charge is 2.23. The molecule has 0 bridgehead atoms. The van der Waals surface area contributed by atoms with Gasteiger partial charge in [0.2, 0.25) is 0 Å². The fourth-order valence-electron chi connectivity index (χ4n) is 5.50. The molecule has 212 valence electrons. The third-order valence-corrected chi connectivity index (χ3v) is 7.85. The molecule has 0 aromatic heterocycles. The number of benzene rings is 3. The minimum atomic E-state index is -0.916. The van der Waals surface area contributed by atoms with Gasteiger partial charge in [0.15, 0.2) is 0 Å². The van der Waals surface area contributed by atoms with Gasteiger partial charge < -0.3 is 9.84 Å². The minimum absolute atomic E-state index is 0.107. The first kappa shape index (κ1) is 30.7. The molecule has 0 aliphatic heterocycles. The normalized spacial score (nSPS) is 12.2. The maximum Gasteiger partial charge on any atom is 0.312 e. The van der Waals surface area contributed by atoms with Crippen molar-refractivity contribution in [1.82, 2.24) is 0 Å². The molecule has 4 nitrogen and oxygen atoms in total. The van der Waals surface area contributed by atoms with Gasteiger partial charge in [0, 0.05) is 10.8 Å². The highest BCUT2D eigenvalue weighted by Crippen LogP contribution is 2.36. The second-order valence-electron chi connectivity index (χ2n) is 11.2. The summed E-state index contributed by atoms with van der Waals surface area (Å²) in [5.74, 6) is -1.58. The molecule has 0 fully saturated rings. The quantitative estimate of drug-likeness (QED) is 0.0722. The van der Waals surface area contributed by atoms with E-state index in [-0.39, 0.29) is 6.42 Å². The second kappa shape index (κ2) is 16.9. The van der Waals surface area contributed by atoms with Crippen LogP contribution < -0.4 is 4.74 Å². The number of ether oxygens (including phenoxy) is 1. The first-order valence-electron chi connectivity index (χ1n) is 15.3. The number of carbonyl (C=O) groups is 2. The maximum absolute atomic E-state index is 13.0. The van der Waals surface area contributed by atoms with Crippen molar-refractivity contribution in [3.05, 3.63) is 54.1 Å². The lowest BCUT2D eigenvalue weighted by atomic mass is 9.97. The van der Waals surface area contributed by atoms with Gasteiger partial charge >= 0.3 is 11.9 Å². The number of carbonyl (C=O) groups excluding carboxylic acids is 1. The van der Waals surface area contributed by atoms with Crippen molar-refractivity contribution in [3.8, 4) is 5.75 Å². The Bertz CT molecular complexity index is 1180. The number of aryl methyl sites for hydroxylation is 1. The lowest BCUT2D eigenvalue weighted by molar-refractivity contribution is -0.147. The number of hydrogen-bond acceptors (Lipinski definition) is 3. The van der Waals surface area contributed by atoms with E-state index in [9.17, 15) is 14.7 Å². The van der Waals surface area contributed by atoms with Crippen molar-refractivity contribution in [2.45, 2.75) is 117 Å². The van der Waals surface area contributed by atoms with E-state index >= 15 is 0 Å². The molecule has 1 N–H and O–H groups in total. The van der Waals surface area contributed by atoms with Crippen LogP contribution in [0, 0.1) is 12.8 Å². The molecular weight excluding hydrogens is 484 g/mol. The summed E-state index contributed by atoms with van der Waals surface area (Å²) in [6, 6.07) is 16.0. The average Bonchev–Trinajstić information content (AvgIpc) is 2.92. The molecule has 0 heterocycles. The molecule has 3 aromatic carbocycles. The van der Waals surface area contributed by atoms with Crippen LogP contribution in [-0.4, -0.2) is 17.0 Å². The largest absolute Gasteiger partial charge is 0.481 e. The monoisotopic (exact) mass is 532 g/mol. The molecule has 1 unspecified atom stereocenters. The molecule has 0 aliphatic carbocycles. The number of hydrogen-bond donors (Lipinski definition) is 1. The number of unbranched alkanes of at least 4 members (excludes halogenated alkanes) is 13. The Morgan fingerprint density at radius 3 is 1.90 bits per heavy atom. The Hall–Kier alpha value is -2.88. The van der Waals surface area contributed by atoms with E-state index in [4.69, 9.17) is 4.74 Å². The summed E-state index contributed by atoms with van der Waals surface area (Å²) >= 11 is 0. The van der Waals surface area contributed by atoms with Gasteiger partial charge in [0.05, 0.1) is 12.3 Å². The third kappa shape index (κ3) is 10.3. The van der Waals surface area contributed by atoms with Gasteiger partial charge in [-0.15, -0.1) is 0 Å². The van der Waals surface area contributed by atoms with Crippen molar-refractivity contribution in [2.75, 3.05) is 0 Å². The average molecular weight is 533 g/mol. The Morgan fingerprint density at radius 2 is 1.28 bits per heavy atom. The topological polar surface area (TPSA) is 63.6 Å². The smallest absolute Gasteiger partial charge is 0.312 e. The Kier molecular flexibility index (Phi) is 13.3. The summed E-state index contributed by atoms with van der Waals surface area (Å²) in [6.07, 6.45) is 18.1. The number of fused-ring (bicyclic) bond motifs is 2. The maximum atomic E-state index is 13.0. The summed E-state index contributed by atoms with van der Waals surface area (Å²) in [6.45, 7) is 4.27. The van der Waals surface area contributed by atoms with Crippen LogP contribution in [0.25, 0.3) is 21.5 Å². The molecule has 3 aromatic rings. The van der Waals surface area contributed by atoms with Gasteiger partial charge in [-0.05, 0) is 36.2 Å². The number of rotatable bonds is 19. The minimum Gasteiger partial charge on any atom is -0.481 e. The van der Waals surface area contributed by atoms with Gasteiger partial charge in [-0.25, -0.2) is 0 Å². The summed E-state index contributed by atoms with van der Waals surface area (Å²) in [7, 11) is 0. The number of carboxylic acid groups (broad SMARTS) is 1. The van der Waals surface area contributed by atoms with E-state index in [1.807, 2.05) is 49.4 Å². The Morgan fingerprint density at radius 1 is 0.718 bits per heavy atom. The zero-order chi connectivity index (χ0) is 27.9. The van der Waals surface area contributed by atoms with E-state index in [1.165, 1.54) is 70.6 Å². The molecule has 4 heteroatoms. The molecule has 0 saturated carbocycles. The van der Waals surface area contributed by atoms with Gasteiger partial charge in [0.1, 0.15) is 5.75 Å². The van der Waals surface area contributed by atoms with Crippen molar-refractivity contribution < 1.29 is 19.4 Å². The molecule has 39 heavy (non-hydrogen) atoms. The van der Waals surface area contributed by atoms with Crippen molar-refractivity contribution in [1.29, 1.82) is 0 Å². The lowest BCUT2D eigenvalue weighted by Crippen LogP contribution is -2.21.